The van der Waals surface area contributed by atoms with Gasteiger partial charge in [0.05, 0.1) is 0 Å². The van der Waals surface area contributed by atoms with E-state index < -0.39 is 0 Å². The molecule has 0 unspecified atom stereocenters. The van der Waals surface area contributed by atoms with Crippen LogP contribution in [-0.2, 0) is 5.75 Å². The van der Waals surface area contributed by atoms with Gasteiger partial charge in [0.25, 0.3) is 0 Å². The SMILES string of the molecule is Fc1ccc(CSCCN2CCCCCC2)cc1. The molecule has 1 aromatic carbocycles. The van der Waals surface area contributed by atoms with Crippen LogP contribution in [0.5, 0.6) is 0 Å². The molecule has 1 nitrogen and oxygen atoms in total. The highest BCUT2D eigenvalue weighted by Gasteiger charge is 2.08. The molecule has 1 fully saturated rings. The van der Waals surface area contributed by atoms with Gasteiger partial charge in [-0.2, -0.15) is 11.8 Å². The van der Waals surface area contributed by atoms with E-state index >= 15 is 0 Å². The summed E-state index contributed by atoms with van der Waals surface area (Å²) in [4.78, 5) is 2.59. The maximum atomic E-state index is 12.7. The molecule has 0 saturated carbocycles. The number of halogens is 1. The van der Waals surface area contributed by atoms with Gasteiger partial charge < -0.3 is 4.90 Å². The molecule has 100 valence electrons. The Hall–Kier alpha value is -0.540. The standard InChI is InChI=1S/C15H22FNS/c16-15-7-5-14(6-8-15)13-18-12-11-17-9-3-1-2-4-10-17/h5-8H,1-4,9-13H2. The van der Waals surface area contributed by atoms with Crippen molar-refractivity contribution in [3.63, 3.8) is 0 Å². The van der Waals surface area contributed by atoms with Crippen LogP contribution in [0.4, 0.5) is 4.39 Å². The predicted octanol–water partition coefficient (Wildman–Crippen LogP) is 3.93. The molecule has 2 rings (SSSR count). The lowest BCUT2D eigenvalue weighted by atomic mass is 10.2. The average Bonchev–Trinajstić information content (AvgIpc) is 2.65. The maximum Gasteiger partial charge on any atom is 0.123 e. The fourth-order valence-corrected chi connectivity index (χ4v) is 3.28. The molecule has 0 N–H and O–H groups in total. The molecule has 0 atom stereocenters. The highest BCUT2D eigenvalue weighted by molar-refractivity contribution is 7.98. The van der Waals surface area contributed by atoms with E-state index in [4.69, 9.17) is 0 Å². The minimum absolute atomic E-state index is 0.145. The quantitative estimate of drug-likeness (QED) is 0.744. The van der Waals surface area contributed by atoms with E-state index in [9.17, 15) is 4.39 Å². The Kier molecular flexibility index (Phi) is 6.01. The van der Waals surface area contributed by atoms with Crippen LogP contribution >= 0.6 is 11.8 Å². The molecule has 1 aliphatic heterocycles. The number of hydrogen-bond donors (Lipinski definition) is 0. The number of likely N-dealkylation sites (tertiary alicyclic amines) is 1. The Morgan fingerprint density at radius 2 is 1.67 bits per heavy atom. The number of thioether (sulfide) groups is 1. The van der Waals surface area contributed by atoms with Crippen LogP contribution in [0.25, 0.3) is 0 Å². The average molecular weight is 267 g/mol. The highest BCUT2D eigenvalue weighted by atomic mass is 32.2. The smallest absolute Gasteiger partial charge is 0.123 e. The Morgan fingerprint density at radius 1 is 1.00 bits per heavy atom. The van der Waals surface area contributed by atoms with E-state index in [0.29, 0.717) is 0 Å². The summed E-state index contributed by atoms with van der Waals surface area (Å²) >= 11 is 1.95. The first-order valence-corrected chi connectivity index (χ1v) is 8.04. The molecule has 3 heteroatoms. The summed E-state index contributed by atoms with van der Waals surface area (Å²) in [6.45, 7) is 3.75. The van der Waals surface area contributed by atoms with Gasteiger partial charge in [-0.3, -0.25) is 0 Å². The van der Waals surface area contributed by atoms with E-state index in [1.54, 1.807) is 12.1 Å². The van der Waals surface area contributed by atoms with Gasteiger partial charge >= 0.3 is 0 Å². The fourth-order valence-electron chi connectivity index (χ4n) is 2.32. The van der Waals surface area contributed by atoms with Gasteiger partial charge in [0.1, 0.15) is 5.82 Å². The van der Waals surface area contributed by atoms with Crippen LogP contribution in [0.1, 0.15) is 31.2 Å². The minimum atomic E-state index is -0.145. The van der Waals surface area contributed by atoms with Crippen LogP contribution in [0, 0.1) is 5.82 Å². The van der Waals surface area contributed by atoms with Crippen molar-refractivity contribution in [1.29, 1.82) is 0 Å². The molecule has 0 amide bonds. The van der Waals surface area contributed by atoms with E-state index in [1.807, 2.05) is 23.9 Å². The van der Waals surface area contributed by atoms with Gasteiger partial charge in [-0.1, -0.05) is 25.0 Å². The van der Waals surface area contributed by atoms with Crippen LogP contribution in [0.15, 0.2) is 24.3 Å². The zero-order valence-corrected chi connectivity index (χ0v) is 11.7. The monoisotopic (exact) mass is 267 g/mol. The van der Waals surface area contributed by atoms with Crippen molar-refractivity contribution in [3.8, 4) is 0 Å². The van der Waals surface area contributed by atoms with Crippen LogP contribution in [-0.4, -0.2) is 30.3 Å². The summed E-state index contributed by atoms with van der Waals surface area (Å²) in [5, 5.41) is 0. The van der Waals surface area contributed by atoms with Crippen molar-refractivity contribution < 1.29 is 4.39 Å². The van der Waals surface area contributed by atoms with E-state index in [1.165, 1.54) is 56.6 Å². The Labute approximate surface area is 114 Å². The third-order valence-corrected chi connectivity index (χ3v) is 4.44. The van der Waals surface area contributed by atoms with Gasteiger partial charge in [0.2, 0.25) is 0 Å². The Balaban J connectivity index is 1.61. The first kappa shape index (κ1) is 13.9. The van der Waals surface area contributed by atoms with Crippen LogP contribution in [0.2, 0.25) is 0 Å². The summed E-state index contributed by atoms with van der Waals surface area (Å²) < 4.78 is 12.7. The molecule has 0 radical (unpaired) electrons. The van der Waals surface area contributed by atoms with Gasteiger partial charge in [0.15, 0.2) is 0 Å². The second kappa shape index (κ2) is 7.80. The molecule has 1 saturated heterocycles. The maximum absolute atomic E-state index is 12.7. The lowest BCUT2D eigenvalue weighted by Gasteiger charge is -2.19. The van der Waals surface area contributed by atoms with Crippen molar-refractivity contribution in [2.24, 2.45) is 0 Å². The van der Waals surface area contributed by atoms with Crippen molar-refractivity contribution in [2.75, 3.05) is 25.4 Å². The lowest BCUT2D eigenvalue weighted by molar-refractivity contribution is 0.303. The number of nitrogens with zero attached hydrogens (tertiary/aromatic N) is 1. The van der Waals surface area contributed by atoms with E-state index in [0.717, 1.165) is 5.75 Å². The minimum Gasteiger partial charge on any atom is -0.303 e. The first-order chi connectivity index (χ1) is 8.84. The molecule has 18 heavy (non-hydrogen) atoms. The normalized spacial score (nSPS) is 17.6. The highest BCUT2D eigenvalue weighted by Crippen LogP contribution is 2.14. The zero-order chi connectivity index (χ0) is 12.6. The molecule has 1 aromatic rings. The zero-order valence-electron chi connectivity index (χ0n) is 10.9. The summed E-state index contributed by atoms with van der Waals surface area (Å²) in [5.41, 5.74) is 1.22. The summed E-state index contributed by atoms with van der Waals surface area (Å²) in [5.74, 6) is 2.03. The lowest BCUT2D eigenvalue weighted by Crippen LogP contribution is -2.27. The predicted molar refractivity (Wildman–Crippen MR) is 77.5 cm³/mol. The number of benzene rings is 1. The van der Waals surface area contributed by atoms with Crippen molar-refractivity contribution in [1.82, 2.24) is 4.90 Å². The van der Waals surface area contributed by atoms with E-state index in [2.05, 4.69) is 4.90 Å². The molecule has 0 spiro atoms. The molecule has 0 aliphatic carbocycles. The largest absolute Gasteiger partial charge is 0.303 e. The van der Waals surface area contributed by atoms with Gasteiger partial charge in [0, 0.05) is 18.1 Å². The molecule has 1 heterocycles. The Morgan fingerprint density at radius 3 is 2.33 bits per heavy atom. The van der Waals surface area contributed by atoms with Crippen LogP contribution < -0.4 is 0 Å². The number of rotatable bonds is 5. The van der Waals surface area contributed by atoms with Crippen molar-refractivity contribution in [3.05, 3.63) is 35.6 Å². The second-order valence-electron chi connectivity index (χ2n) is 4.93. The summed E-state index contributed by atoms with van der Waals surface area (Å²) in [7, 11) is 0. The molecule has 0 bridgehead atoms. The molecule has 1 aliphatic rings. The van der Waals surface area contributed by atoms with Gasteiger partial charge in [-0.15, -0.1) is 0 Å². The van der Waals surface area contributed by atoms with Crippen molar-refractivity contribution in [2.45, 2.75) is 31.4 Å². The van der Waals surface area contributed by atoms with Crippen molar-refractivity contribution >= 4 is 11.8 Å². The van der Waals surface area contributed by atoms with Gasteiger partial charge in [-0.05, 0) is 43.6 Å². The van der Waals surface area contributed by atoms with Crippen LogP contribution in [0.3, 0.4) is 0 Å². The van der Waals surface area contributed by atoms with Gasteiger partial charge in [-0.25, -0.2) is 4.39 Å². The molecular weight excluding hydrogens is 245 g/mol. The van der Waals surface area contributed by atoms with E-state index in [-0.39, 0.29) is 5.82 Å². The molecule has 0 aromatic heterocycles. The molecular formula is C15H22FNS. The third-order valence-electron chi connectivity index (χ3n) is 3.43. The second-order valence-corrected chi connectivity index (χ2v) is 6.04. The summed E-state index contributed by atoms with van der Waals surface area (Å²) in [6.07, 6.45) is 5.53. The number of hydrogen-bond acceptors (Lipinski definition) is 2. The Bertz CT molecular complexity index is 331. The third kappa shape index (κ3) is 4.99. The first-order valence-electron chi connectivity index (χ1n) is 6.89. The summed E-state index contributed by atoms with van der Waals surface area (Å²) in [6, 6.07) is 6.86. The fraction of sp³-hybridized carbons (Fsp3) is 0.600. The topological polar surface area (TPSA) is 3.24 Å².